The zero-order valence-electron chi connectivity index (χ0n) is 16.8. The van der Waals surface area contributed by atoms with Gasteiger partial charge < -0.3 is 14.7 Å². The van der Waals surface area contributed by atoms with Crippen LogP contribution in [0.1, 0.15) is 29.8 Å². The molecule has 0 aliphatic rings. The van der Waals surface area contributed by atoms with Gasteiger partial charge in [-0.05, 0) is 48.9 Å². The van der Waals surface area contributed by atoms with E-state index in [4.69, 9.17) is 4.74 Å². The number of methoxy groups -OCH3 is 1. The summed E-state index contributed by atoms with van der Waals surface area (Å²) in [5, 5.41) is 15.9. The Kier molecular flexibility index (Phi) is 6.34. The minimum absolute atomic E-state index is 0.0856. The molecule has 150 valence electrons. The van der Waals surface area contributed by atoms with E-state index in [0.29, 0.717) is 5.75 Å². The van der Waals surface area contributed by atoms with Gasteiger partial charge in [-0.3, -0.25) is 4.79 Å². The Hall–Kier alpha value is -3.54. The normalized spacial score (nSPS) is 11.0. The van der Waals surface area contributed by atoms with Gasteiger partial charge in [0, 0.05) is 30.4 Å². The minimum atomic E-state index is -0.483. The number of rotatable bonds is 7. The zero-order chi connectivity index (χ0) is 20.8. The molecule has 0 saturated heterocycles. The SMILES string of the molecule is CCN(CC)c1ccc(C=NNC(=O)c2cc3ccccc3cc2O)c(OC)c1. The van der Waals surface area contributed by atoms with Crippen LogP contribution in [0.15, 0.2) is 59.7 Å². The Labute approximate surface area is 170 Å². The first kappa shape index (κ1) is 20.2. The molecule has 3 rings (SSSR count). The number of ether oxygens (including phenoxy) is 1. The average Bonchev–Trinajstić information content (AvgIpc) is 2.74. The van der Waals surface area contributed by atoms with E-state index >= 15 is 0 Å². The number of fused-ring (bicyclic) bond motifs is 1. The number of phenols is 1. The lowest BCUT2D eigenvalue weighted by atomic mass is 10.1. The Morgan fingerprint density at radius 2 is 1.79 bits per heavy atom. The summed E-state index contributed by atoms with van der Waals surface area (Å²) in [4.78, 5) is 14.7. The third kappa shape index (κ3) is 4.48. The van der Waals surface area contributed by atoms with E-state index in [0.717, 1.165) is 35.1 Å². The number of hydrogen-bond donors (Lipinski definition) is 2. The van der Waals surface area contributed by atoms with Crippen LogP contribution in [-0.4, -0.2) is 37.4 Å². The van der Waals surface area contributed by atoms with Crippen molar-refractivity contribution in [1.29, 1.82) is 0 Å². The molecule has 0 aromatic heterocycles. The van der Waals surface area contributed by atoms with Gasteiger partial charge in [-0.2, -0.15) is 5.10 Å². The molecule has 6 heteroatoms. The molecule has 0 atom stereocenters. The number of benzene rings is 3. The van der Waals surface area contributed by atoms with Crippen molar-refractivity contribution in [1.82, 2.24) is 5.43 Å². The Morgan fingerprint density at radius 3 is 2.45 bits per heavy atom. The summed E-state index contributed by atoms with van der Waals surface area (Å²) in [5.41, 5.74) is 4.45. The van der Waals surface area contributed by atoms with Gasteiger partial charge >= 0.3 is 0 Å². The van der Waals surface area contributed by atoms with Crippen molar-refractivity contribution in [3.63, 3.8) is 0 Å². The van der Waals surface area contributed by atoms with Gasteiger partial charge in [0.05, 0.1) is 18.9 Å². The quantitative estimate of drug-likeness (QED) is 0.468. The molecule has 0 heterocycles. The second-order valence-electron chi connectivity index (χ2n) is 6.51. The summed E-state index contributed by atoms with van der Waals surface area (Å²) in [5.74, 6) is 0.0988. The monoisotopic (exact) mass is 391 g/mol. The Bertz CT molecular complexity index is 1040. The van der Waals surface area contributed by atoms with Gasteiger partial charge in [-0.25, -0.2) is 5.43 Å². The fourth-order valence-corrected chi connectivity index (χ4v) is 3.22. The van der Waals surface area contributed by atoms with Gasteiger partial charge in [0.25, 0.3) is 5.91 Å². The maximum atomic E-state index is 12.5. The summed E-state index contributed by atoms with van der Waals surface area (Å²) in [7, 11) is 1.60. The van der Waals surface area contributed by atoms with Crippen molar-refractivity contribution >= 4 is 28.6 Å². The van der Waals surface area contributed by atoms with Gasteiger partial charge in [-0.15, -0.1) is 0 Å². The molecule has 0 radical (unpaired) electrons. The summed E-state index contributed by atoms with van der Waals surface area (Å²) in [6.07, 6.45) is 1.53. The first-order valence-electron chi connectivity index (χ1n) is 9.55. The van der Waals surface area contributed by atoms with E-state index in [9.17, 15) is 9.90 Å². The average molecular weight is 391 g/mol. The number of hydrazone groups is 1. The molecular weight excluding hydrogens is 366 g/mol. The van der Waals surface area contributed by atoms with E-state index in [1.54, 1.807) is 19.2 Å². The van der Waals surface area contributed by atoms with Crippen LogP contribution in [0.4, 0.5) is 5.69 Å². The number of nitrogens with one attached hydrogen (secondary N) is 1. The molecule has 2 N–H and O–H groups in total. The van der Waals surface area contributed by atoms with E-state index in [1.165, 1.54) is 6.21 Å². The molecular formula is C23H25N3O3. The predicted octanol–water partition coefficient (Wildman–Crippen LogP) is 4.16. The molecule has 3 aromatic carbocycles. The summed E-state index contributed by atoms with van der Waals surface area (Å²) in [6.45, 7) is 6.00. The fourth-order valence-electron chi connectivity index (χ4n) is 3.22. The number of phenolic OH excluding ortho intramolecular Hbond substituents is 1. The fraction of sp³-hybridized carbons (Fsp3) is 0.217. The van der Waals surface area contributed by atoms with Crippen molar-refractivity contribution in [2.45, 2.75) is 13.8 Å². The van der Waals surface area contributed by atoms with E-state index in [1.807, 2.05) is 42.5 Å². The third-order valence-corrected chi connectivity index (χ3v) is 4.82. The molecule has 0 fully saturated rings. The molecule has 0 aliphatic heterocycles. The molecule has 1 amide bonds. The van der Waals surface area contributed by atoms with Crippen LogP contribution in [0.5, 0.6) is 11.5 Å². The number of aromatic hydroxyl groups is 1. The van der Waals surface area contributed by atoms with E-state index in [-0.39, 0.29) is 11.3 Å². The van der Waals surface area contributed by atoms with Crippen molar-refractivity contribution in [2.75, 3.05) is 25.1 Å². The lowest BCUT2D eigenvalue weighted by molar-refractivity contribution is 0.0952. The highest BCUT2D eigenvalue weighted by molar-refractivity contribution is 6.01. The molecule has 6 nitrogen and oxygen atoms in total. The predicted molar refractivity (Wildman–Crippen MR) is 117 cm³/mol. The van der Waals surface area contributed by atoms with Crippen LogP contribution in [-0.2, 0) is 0 Å². The maximum absolute atomic E-state index is 12.5. The number of carbonyl (C=O) groups is 1. The minimum Gasteiger partial charge on any atom is -0.507 e. The highest BCUT2D eigenvalue weighted by Gasteiger charge is 2.12. The highest BCUT2D eigenvalue weighted by Crippen LogP contribution is 2.26. The van der Waals surface area contributed by atoms with Crippen LogP contribution in [0.2, 0.25) is 0 Å². The standard InChI is InChI=1S/C23H25N3O3/c1-4-26(5-2)19-11-10-18(22(14-19)29-3)15-24-25-23(28)20-12-16-8-6-7-9-17(16)13-21(20)27/h6-15,27H,4-5H2,1-3H3,(H,25,28). The van der Waals surface area contributed by atoms with Gasteiger partial charge in [0.2, 0.25) is 0 Å². The Morgan fingerprint density at radius 1 is 1.10 bits per heavy atom. The lowest BCUT2D eigenvalue weighted by Crippen LogP contribution is -2.21. The highest BCUT2D eigenvalue weighted by atomic mass is 16.5. The van der Waals surface area contributed by atoms with Gasteiger partial charge in [-0.1, -0.05) is 24.3 Å². The number of amides is 1. The summed E-state index contributed by atoms with van der Waals surface area (Å²) in [6, 6.07) is 16.6. The molecule has 0 bridgehead atoms. The molecule has 0 unspecified atom stereocenters. The molecule has 0 saturated carbocycles. The number of hydrogen-bond acceptors (Lipinski definition) is 5. The first-order valence-corrected chi connectivity index (χ1v) is 9.55. The molecule has 0 spiro atoms. The number of nitrogens with zero attached hydrogens (tertiary/aromatic N) is 2. The molecule has 0 aliphatic carbocycles. The second kappa shape index (κ2) is 9.10. The van der Waals surface area contributed by atoms with Crippen LogP contribution >= 0.6 is 0 Å². The lowest BCUT2D eigenvalue weighted by Gasteiger charge is -2.21. The first-order chi connectivity index (χ1) is 14.1. The van der Waals surface area contributed by atoms with Crippen molar-refractivity contribution in [3.8, 4) is 11.5 Å². The molecule has 3 aromatic rings. The van der Waals surface area contributed by atoms with Crippen LogP contribution in [0, 0.1) is 0 Å². The van der Waals surface area contributed by atoms with Crippen LogP contribution in [0.25, 0.3) is 10.8 Å². The zero-order valence-corrected chi connectivity index (χ0v) is 16.8. The van der Waals surface area contributed by atoms with Gasteiger partial charge in [0.15, 0.2) is 0 Å². The topological polar surface area (TPSA) is 74.2 Å². The largest absolute Gasteiger partial charge is 0.507 e. The van der Waals surface area contributed by atoms with Crippen LogP contribution < -0.4 is 15.1 Å². The van der Waals surface area contributed by atoms with E-state index in [2.05, 4.69) is 29.3 Å². The summed E-state index contributed by atoms with van der Waals surface area (Å²) < 4.78 is 5.46. The van der Waals surface area contributed by atoms with E-state index < -0.39 is 5.91 Å². The molecule has 29 heavy (non-hydrogen) atoms. The number of anilines is 1. The van der Waals surface area contributed by atoms with Crippen molar-refractivity contribution in [2.24, 2.45) is 5.10 Å². The van der Waals surface area contributed by atoms with Crippen molar-refractivity contribution < 1.29 is 14.6 Å². The smallest absolute Gasteiger partial charge is 0.275 e. The Balaban J connectivity index is 1.77. The third-order valence-electron chi connectivity index (χ3n) is 4.82. The number of carbonyl (C=O) groups excluding carboxylic acids is 1. The van der Waals surface area contributed by atoms with Crippen molar-refractivity contribution in [3.05, 3.63) is 65.7 Å². The second-order valence-corrected chi connectivity index (χ2v) is 6.51. The van der Waals surface area contributed by atoms with Gasteiger partial charge in [0.1, 0.15) is 11.5 Å². The van der Waals surface area contributed by atoms with Crippen LogP contribution in [0.3, 0.4) is 0 Å². The summed E-state index contributed by atoms with van der Waals surface area (Å²) >= 11 is 0. The maximum Gasteiger partial charge on any atom is 0.275 e.